The third-order valence-electron chi connectivity index (χ3n) is 2.12. The van der Waals surface area contributed by atoms with E-state index in [1.54, 1.807) is 24.3 Å². The van der Waals surface area contributed by atoms with Gasteiger partial charge in [-0.3, -0.25) is 4.79 Å². The van der Waals surface area contributed by atoms with Gasteiger partial charge in [-0.05, 0) is 5.56 Å². The number of aliphatic carboxylic acids is 1. The molecule has 100 valence electrons. The average Bonchev–Trinajstić information content (AvgIpc) is 2.35. The van der Waals surface area contributed by atoms with Crippen molar-refractivity contribution in [3.05, 3.63) is 35.9 Å². The lowest BCUT2D eigenvalue weighted by Crippen LogP contribution is -2.45. The Morgan fingerprint density at radius 3 is 2.44 bits per heavy atom. The molecule has 0 saturated heterocycles. The molecule has 1 atom stereocenters. The van der Waals surface area contributed by atoms with Gasteiger partial charge in [-0.15, -0.1) is 0 Å². The molecule has 1 unspecified atom stereocenters. The van der Waals surface area contributed by atoms with Crippen molar-refractivity contribution in [2.45, 2.75) is 12.6 Å². The molecular formula is C10H15N3O4S. The van der Waals surface area contributed by atoms with Crippen LogP contribution < -0.4 is 15.2 Å². The van der Waals surface area contributed by atoms with Crippen LogP contribution in [0.2, 0.25) is 0 Å². The van der Waals surface area contributed by atoms with Crippen LogP contribution in [-0.2, 0) is 21.5 Å². The van der Waals surface area contributed by atoms with E-state index in [-0.39, 0.29) is 13.1 Å². The third-order valence-corrected chi connectivity index (χ3v) is 3.19. The highest BCUT2D eigenvalue weighted by molar-refractivity contribution is 7.87. The monoisotopic (exact) mass is 273 g/mol. The quantitative estimate of drug-likeness (QED) is 0.509. The van der Waals surface area contributed by atoms with Crippen molar-refractivity contribution in [3.8, 4) is 0 Å². The predicted octanol–water partition coefficient (Wildman–Crippen LogP) is -0.977. The molecule has 18 heavy (non-hydrogen) atoms. The average molecular weight is 273 g/mol. The fourth-order valence-corrected chi connectivity index (χ4v) is 1.97. The Kier molecular flexibility index (Phi) is 5.23. The summed E-state index contributed by atoms with van der Waals surface area (Å²) in [7, 11) is -3.75. The molecule has 8 heteroatoms. The van der Waals surface area contributed by atoms with Crippen molar-refractivity contribution < 1.29 is 18.3 Å². The molecule has 0 aromatic heterocycles. The first-order valence-electron chi connectivity index (χ1n) is 5.17. The maximum absolute atomic E-state index is 11.5. The zero-order valence-electron chi connectivity index (χ0n) is 9.54. The number of hydrogen-bond acceptors (Lipinski definition) is 4. The summed E-state index contributed by atoms with van der Waals surface area (Å²) in [6, 6.07) is 7.67. The summed E-state index contributed by atoms with van der Waals surface area (Å²) in [6.07, 6.45) is 0. The van der Waals surface area contributed by atoms with Crippen LogP contribution in [0.15, 0.2) is 30.3 Å². The predicted molar refractivity (Wildman–Crippen MR) is 65.8 cm³/mol. The van der Waals surface area contributed by atoms with Gasteiger partial charge in [-0.25, -0.2) is 4.72 Å². The molecule has 0 aliphatic heterocycles. The molecule has 0 amide bonds. The second-order valence-corrected chi connectivity index (χ2v) is 5.19. The molecule has 0 fully saturated rings. The second kappa shape index (κ2) is 6.45. The summed E-state index contributed by atoms with van der Waals surface area (Å²) in [5, 5.41) is 8.51. The first kappa shape index (κ1) is 14.6. The van der Waals surface area contributed by atoms with E-state index in [2.05, 4.69) is 9.44 Å². The molecule has 0 aliphatic rings. The van der Waals surface area contributed by atoms with Crippen LogP contribution in [0, 0.1) is 0 Å². The fraction of sp³-hybridized carbons (Fsp3) is 0.300. The van der Waals surface area contributed by atoms with E-state index in [0.717, 1.165) is 5.56 Å². The molecular weight excluding hydrogens is 258 g/mol. The van der Waals surface area contributed by atoms with Crippen molar-refractivity contribution in [2.75, 3.05) is 6.54 Å². The number of nitrogens with two attached hydrogens (primary N) is 1. The van der Waals surface area contributed by atoms with Gasteiger partial charge in [0, 0.05) is 13.1 Å². The normalized spacial score (nSPS) is 13.2. The number of nitrogens with one attached hydrogen (secondary N) is 2. The molecule has 1 aromatic rings. The zero-order valence-corrected chi connectivity index (χ0v) is 10.4. The number of carboxylic acids is 1. The topological polar surface area (TPSA) is 122 Å². The lowest BCUT2D eigenvalue weighted by molar-refractivity contribution is -0.138. The minimum atomic E-state index is -3.75. The van der Waals surface area contributed by atoms with E-state index in [9.17, 15) is 13.2 Å². The van der Waals surface area contributed by atoms with Crippen molar-refractivity contribution in [2.24, 2.45) is 5.73 Å². The fourth-order valence-electron chi connectivity index (χ4n) is 1.11. The Morgan fingerprint density at radius 2 is 1.89 bits per heavy atom. The van der Waals surface area contributed by atoms with Crippen LogP contribution in [0.1, 0.15) is 5.56 Å². The van der Waals surface area contributed by atoms with Gasteiger partial charge in [0.25, 0.3) is 10.2 Å². The van der Waals surface area contributed by atoms with Crippen LogP contribution in [0.4, 0.5) is 0 Å². The van der Waals surface area contributed by atoms with Gasteiger partial charge in [0.15, 0.2) is 0 Å². The van der Waals surface area contributed by atoms with E-state index in [0.29, 0.717) is 0 Å². The van der Waals surface area contributed by atoms with Crippen molar-refractivity contribution >= 4 is 16.2 Å². The van der Waals surface area contributed by atoms with Crippen LogP contribution in [0.5, 0.6) is 0 Å². The van der Waals surface area contributed by atoms with Crippen LogP contribution in [0.25, 0.3) is 0 Å². The minimum Gasteiger partial charge on any atom is -0.480 e. The van der Waals surface area contributed by atoms with E-state index in [1.807, 2.05) is 6.07 Å². The Bertz CT molecular complexity index is 489. The van der Waals surface area contributed by atoms with E-state index < -0.39 is 22.2 Å². The smallest absolute Gasteiger partial charge is 0.321 e. The van der Waals surface area contributed by atoms with E-state index in [1.165, 1.54) is 0 Å². The summed E-state index contributed by atoms with van der Waals surface area (Å²) in [4.78, 5) is 10.4. The highest BCUT2D eigenvalue weighted by atomic mass is 32.2. The molecule has 0 heterocycles. The van der Waals surface area contributed by atoms with Crippen molar-refractivity contribution in [1.29, 1.82) is 0 Å². The second-order valence-electron chi connectivity index (χ2n) is 3.60. The molecule has 1 aromatic carbocycles. The summed E-state index contributed by atoms with van der Waals surface area (Å²) in [5.41, 5.74) is 5.97. The molecule has 5 N–H and O–H groups in total. The Hall–Kier alpha value is -1.48. The van der Waals surface area contributed by atoms with Crippen molar-refractivity contribution in [3.63, 3.8) is 0 Å². The zero-order chi connectivity index (χ0) is 13.6. The summed E-state index contributed by atoms with van der Waals surface area (Å²) >= 11 is 0. The highest BCUT2D eigenvalue weighted by Gasteiger charge is 2.15. The van der Waals surface area contributed by atoms with E-state index >= 15 is 0 Å². The van der Waals surface area contributed by atoms with Crippen LogP contribution in [-0.4, -0.2) is 32.1 Å². The van der Waals surface area contributed by atoms with Crippen LogP contribution >= 0.6 is 0 Å². The Labute approximate surface area is 105 Å². The molecule has 0 radical (unpaired) electrons. The molecule has 0 bridgehead atoms. The molecule has 1 rings (SSSR count). The third kappa shape index (κ3) is 5.23. The maximum atomic E-state index is 11.5. The van der Waals surface area contributed by atoms with Gasteiger partial charge in [0.1, 0.15) is 6.04 Å². The minimum absolute atomic E-state index is 0.123. The van der Waals surface area contributed by atoms with Gasteiger partial charge in [0.2, 0.25) is 0 Å². The lowest BCUT2D eigenvalue weighted by atomic mass is 10.2. The highest BCUT2D eigenvalue weighted by Crippen LogP contribution is 1.97. The number of hydrogen-bond donors (Lipinski definition) is 4. The lowest BCUT2D eigenvalue weighted by Gasteiger charge is -2.10. The van der Waals surface area contributed by atoms with Gasteiger partial charge in [-0.1, -0.05) is 30.3 Å². The number of benzene rings is 1. The largest absolute Gasteiger partial charge is 0.480 e. The summed E-state index contributed by atoms with van der Waals surface area (Å²) in [5.74, 6) is -1.26. The van der Waals surface area contributed by atoms with Gasteiger partial charge < -0.3 is 10.8 Å². The maximum Gasteiger partial charge on any atom is 0.321 e. The molecule has 0 saturated carbocycles. The summed E-state index contributed by atoms with van der Waals surface area (Å²) < 4.78 is 27.3. The standard InChI is InChI=1S/C10H15N3O4S/c11-9(10(14)15)7-13-18(16,17)12-6-8-4-2-1-3-5-8/h1-5,9,12-13H,6-7,11H2,(H,14,15). The Balaban J connectivity index is 2.43. The molecule has 7 nitrogen and oxygen atoms in total. The summed E-state index contributed by atoms with van der Waals surface area (Å²) in [6.45, 7) is -0.238. The first-order chi connectivity index (χ1) is 8.41. The first-order valence-corrected chi connectivity index (χ1v) is 6.65. The SMILES string of the molecule is NC(CNS(=O)(=O)NCc1ccccc1)C(=O)O. The van der Waals surface area contributed by atoms with Gasteiger partial charge in [0.05, 0.1) is 0 Å². The van der Waals surface area contributed by atoms with Gasteiger partial charge >= 0.3 is 5.97 Å². The number of carbonyl (C=O) groups is 1. The molecule has 0 spiro atoms. The van der Waals surface area contributed by atoms with Crippen molar-refractivity contribution in [1.82, 2.24) is 9.44 Å². The van der Waals surface area contributed by atoms with Gasteiger partial charge in [-0.2, -0.15) is 13.1 Å². The number of carboxylic acid groups (broad SMARTS) is 1. The van der Waals surface area contributed by atoms with E-state index in [4.69, 9.17) is 10.8 Å². The van der Waals surface area contributed by atoms with Crippen LogP contribution in [0.3, 0.4) is 0 Å². The Morgan fingerprint density at radius 1 is 1.28 bits per heavy atom. The number of rotatable bonds is 7. The molecule has 0 aliphatic carbocycles.